The zero-order chi connectivity index (χ0) is 21.8. The SMILES string of the molecule is O=C(CN1C(=O)CC(c2ccc(Br)s2)=Nc2ccccc21)NCCc1ccc(Cl)cc1. The monoisotopic (exact) mass is 515 g/mol. The minimum absolute atomic E-state index is 0.0482. The molecule has 1 aliphatic rings. The van der Waals surface area contributed by atoms with E-state index in [1.54, 1.807) is 0 Å². The van der Waals surface area contributed by atoms with Crippen LogP contribution in [0.2, 0.25) is 5.02 Å². The highest BCUT2D eigenvalue weighted by Gasteiger charge is 2.27. The maximum Gasteiger partial charge on any atom is 0.240 e. The van der Waals surface area contributed by atoms with Gasteiger partial charge in [-0.3, -0.25) is 9.59 Å². The Bertz CT molecular complexity index is 1140. The minimum atomic E-state index is -0.209. The number of anilines is 1. The van der Waals surface area contributed by atoms with Crippen molar-refractivity contribution in [2.45, 2.75) is 12.8 Å². The molecular formula is C23H19BrClN3O2S. The Morgan fingerprint density at radius 2 is 1.90 bits per heavy atom. The maximum absolute atomic E-state index is 13.1. The van der Waals surface area contributed by atoms with E-state index in [4.69, 9.17) is 16.6 Å². The lowest BCUT2D eigenvalue weighted by Crippen LogP contribution is -2.41. The molecule has 0 fully saturated rings. The van der Waals surface area contributed by atoms with Gasteiger partial charge in [0, 0.05) is 11.6 Å². The number of carbonyl (C=O) groups is 2. The van der Waals surface area contributed by atoms with Crippen molar-refractivity contribution in [3.8, 4) is 0 Å². The lowest BCUT2D eigenvalue weighted by Gasteiger charge is -2.21. The molecule has 8 heteroatoms. The zero-order valence-electron chi connectivity index (χ0n) is 16.5. The first-order chi connectivity index (χ1) is 15.0. The summed E-state index contributed by atoms with van der Waals surface area (Å²) in [5, 5.41) is 3.59. The van der Waals surface area contributed by atoms with E-state index in [-0.39, 0.29) is 24.8 Å². The number of halogens is 2. The van der Waals surface area contributed by atoms with Gasteiger partial charge in [0.15, 0.2) is 0 Å². The summed E-state index contributed by atoms with van der Waals surface area (Å²) in [4.78, 5) is 32.9. The van der Waals surface area contributed by atoms with Gasteiger partial charge in [-0.2, -0.15) is 0 Å². The van der Waals surface area contributed by atoms with Crippen LogP contribution in [-0.4, -0.2) is 30.6 Å². The van der Waals surface area contributed by atoms with E-state index in [1.165, 1.54) is 16.2 Å². The van der Waals surface area contributed by atoms with Crippen LogP contribution in [-0.2, 0) is 16.0 Å². The van der Waals surface area contributed by atoms with Crippen LogP contribution in [0.1, 0.15) is 16.9 Å². The number of aliphatic imine (C=N–C) groups is 1. The molecule has 31 heavy (non-hydrogen) atoms. The number of para-hydroxylation sites is 2. The number of thiophene rings is 1. The van der Waals surface area contributed by atoms with Gasteiger partial charge < -0.3 is 10.2 Å². The summed E-state index contributed by atoms with van der Waals surface area (Å²) >= 11 is 10.9. The van der Waals surface area contributed by atoms with Crippen molar-refractivity contribution in [2.75, 3.05) is 18.0 Å². The molecule has 4 rings (SSSR count). The second kappa shape index (κ2) is 9.77. The summed E-state index contributed by atoms with van der Waals surface area (Å²) in [6, 6.07) is 18.8. The number of hydrogen-bond acceptors (Lipinski definition) is 4. The van der Waals surface area contributed by atoms with Gasteiger partial charge in [0.05, 0.1) is 32.2 Å². The molecule has 1 aliphatic heterocycles. The number of rotatable bonds is 6. The van der Waals surface area contributed by atoms with E-state index in [0.29, 0.717) is 35.1 Å². The van der Waals surface area contributed by atoms with Gasteiger partial charge in [-0.1, -0.05) is 35.9 Å². The number of carbonyl (C=O) groups excluding carboxylic acids is 2. The third-order valence-corrected chi connectivity index (χ3v) is 6.78. The summed E-state index contributed by atoms with van der Waals surface area (Å²) in [6.07, 6.45) is 0.827. The van der Waals surface area contributed by atoms with Crippen LogP contribution in [0, 0.1) is 0 Å². The minimum Gasteiger partial charge on any atom is -0.354 e. The van der Waals surface area contributed by atoms with E-state index in [1.807, 2.05) is 60.7 Å². The molecule has 0 bridgehead atoms. The van der Waals surface area contributed by atoms with E-state index in [9.17, 15) is 9.59 Å². The summed E-state index contributed by atoms with van der Waals surface area (Å²) in [5.41, 5.74) is 3.12. The molecule has 0 saturated heterocycles. The molecule has 5 nitrogen and oxygen atoms in total. The summed E-state index contributed by atoms with van der Waals surface area (Å²) in [5.74, 6) is -0.361. The van der Waals surface area contributed by atoms with Crippen molar-refractivity contribution < 1.29 is 9.59 Å². The molecule has 0 saturated carbocycles. The molecule has 1 aromatic heterocycles. The van der Waals surface area contributed by atoms with Gasteiger partial charge in [-0.05, 0) is 64.3 Å². The van der Waals surface area contributed by atoms with Crippen LogP contribution in [0.4, 0.5) is 11.4 Å². The molecule has 0 atom stereocenters. The Kier molecular flexibility index (Phi) is 6.85. The standard InChI is InChI=1S/C23H19BrClN3O2S/c24-21-10-9-20(31-21)18-13-23(30)28(19-4-2-1-3-17(19)27-18)14-22(29)26-12-11-15-5-7-16(25)8-6-15/h1-10H,11-14H2,(H,26,29). The first-order valence-corrected chi connectivity index (χ1v) is 11.7. The average molecular weight is 517 g/mol. The molecular weight excluding hydrogens is 498 g/mol. The van der Waals surface area contributed by atoms with Crippen molar-refractivity contribution in [1.29, 1.82) is 0 Å². The predicted molar refractivity (Wildman–Crippen MR) is 130 cm³/mol. The Balaban J connectivity index is 1.45. The number of nitrogens with zero attached hydrogens (tertiary/aromatic N) is 2. The largest absolute Gasteiger partial charge is 0.354 e. The second-order valence-electron chi connectivity index (χ2n) is 7.03. The van der Waals surface area contributed by atoms with Gasteiger partial charge in [0.2, 0.25) is 11.8 Å². The second-order valence-corrected chi connectivity index (χ2v) is 9.93. The first-order valence-electron chi connectivity index (χ1n) is 9.73. The normalized spacial score (nSPS) is 13.4. The quantitative estimate of drug-likeness (QED) is 0.478. The fraction of sp³-hybridized carbons (Fsp3) is 0.174. The predicted octanol–water partition coefficient (Wildman–Crippen LogP) is 5.38. The molecule has 158 valence electrons. The molecule has 0 aliphatic carbocycles. The van der Waals surface area contributed by atoms with Gasteiger partial charge >= 0.3 is 0 Å². The van der Waals surface area contributed by atoms with E-state index >= 15 is 0 Å². The molecule has 2 amide bonds. The molecule has 1 N–H and O–H groups in total. The summed E-state index contributed by atoms with van der Waals surface area (Å²) in [7, 11) is 0. The zero-order valence-corrected chi connectivity index (χ0v) is 19.6. The van der Waals surface area contributed by atoms with Crippen molar-refractivity contribution in [2.24, 2.45) is 4.99 Å². The number of nitrogens with one attached hydrogen (secondary N) is 1. The fourth-order valence-corrected chi connectivity index (χ4v) is 4.83. The molecule has 0 spiro atoms. The van der Waals surface area contributed by atoms with Crippen molar-refractivity contribution in [3.05, 3.63) is 79.9 Å². The van der Waals surface area contributed by atoms with Gasteiger partial charge in [-0.15, -0.1) is 11.3 Å². The van der Waals surface area contributed by atoms with Crippen molar-refractivity contribution in [3.63, 3.8) is 0 Å². The number of hydrogen-bond donors (Lipinski definition) is 1. The van der Waals surface area contributed by atoms with Crippen LogP contribution >= 0.6 is 38.9 Å². The van der Waals surface area contributed by atoms with Crippen molar-refractivity contribution in [1.82, 2.24) is 5.32 Å². The van der Waals surface area contributed by atoms with E-state index < -0.39 is 0 Å². The summed E-state index contributed by atoms with van der Waals surface area (Å²) < 4.78 is 0.979. The maximum atomic E-state index is 13.1. The number of benzene rings is 2. The topological polar surface area (TPSA) is 61.8 Å². The van der Waals surface area contributed by atoms with Gasteiger partial charge in [0.1, 0.15) is 6.54 Å². The smallest absolute Gasteiger partial charge is 0.240 e. The Morgan fingerprint density at radius 3 is 2.65 bits per heavy atom. The molecule has 3 aromatic rings. The Labute approximate surface area is 197 Å². The lowest BCUT2D eigenvalue weighted by atomic mass is 10.1. The van der Waals surface area contributed by atoms with E-state index in [0.717, 1.165) is 14.2 Å². The fourth-order valence-electron chi connectivity index (χ4n) is 3.33. The number of fused-ring (bicyclic) bond motifs is 1. The van der Waals surface area contributed by atoms with Crippen LogP contribution in [0.25, 0.3) is 0 Å². The highest BCUT2D eigenvalue weighted by Crippen LogP contribution is 2.34. The van der Waals surface area contributed by atoms with Gasteiger partial charge in [-0.25, -0.2) is 4.99 Å². The highest BCUT2D eigenvalue weighted by molar-refractivity contribution is 9.11. The third kappa shape index (κ3) is 5.42. The number of amides is 2. The van der Waals surface area contributed by atoms with Crippen LogP contribution in [0.3, 0.4) is 0 Å². The first kappa shape index (κ1) is 21.7. The van der Waals surface area contributed by atoms with Crippen LogP contribution < -0.4 is 10.2 Å². The van der Waals surface area contributed by atoms with Crippen LogP contribution in [0.15, 0.2) is 69.4 Å². The Morgan fingerprint density at radius 1 is 1.13 bits per heavy atom. The Hall–Kier alpha value is -2.48. The van der Waals surface area contributed by atoms with Crippen molar-refractivity contribution >= 4 is 67.8 Å². The molecule has 0 radical (unpaired) electrons. The van der Waals surface area contributed by atoms with Crippen LogP contribution in [0.5, 0.6) is 0 Å². The van der Waals surface area contributed by atoms with E-state index in [2.05, 4.69) is 21.2 Å². The summed E-state index contributed by atoms with van der Waals surface area (Å²) in [6.45, 7) is 0.433. The highest BCUT2D eigenvalue weighted by atomic mass is 79.9. The van der Waals surface area contributed by atoms with Gasteiger partial charge in [0.25, 0.3) is 0 Å². The molecule has 2 aromatic carbocycles. The average Bonchev–Trinajstić information content (AvgIpc) is 3.14. The lowest BCUT2D eigenvalue weighted by molar-refractivity contribution is -0.123. The molecule has 0 unspecified atom stereocenters. The third-order valence-electron chi connectivity index (χ3n) is 4.86. The molecule has 2 heterocycles.